The van der Waals surface area contributed by atoms with Crippen molar-refractivity contribution in [3.63, 3.8) is 0 Å². The Morgan fingerprint density at radius 1 is 1.29 bits per heavy atom. The molecule has 1 aromatic carbocycles. The second kappa shape index (κ2) is 5.56. The molecule has 0 bridgehead atoms. The van der Waals surface area contributed by atoms with Crippen molar-refractivity contribution < 1.29 is 4.79 Å². The number of benzene rings is 1. The van der Waals surface area contributed by atoms with E-state index in [-0.39, 0.29) is 5.91 Å². The molecule has 0 radical (unpaired) electrons. The lowest BCUT2D eigenvalue weighted by Gasteiger charge is -2.39. The van der Waals surface area contributed by atoms with E-state index in [1.54, 1.807) is 25.1 Å². The van der Waals surface area contributed by atoms with Gasteiger partial charge in [0.2, 0.25) is 0 Å². The monoisotopic (exact) mass is 288 g/mol. The fraction of sp³-hybridized carbons (Fsp3) is 0.562. The third-order valence-electron chi connectivity index (χ3n) is 4.61. The largest absolute Gasteiger partial charge is 0.397 e. The summed E-state index contributed by atoms with van der Waals surface area (Å²) < 4.78 is 0. The molecule has 2 heterocycles. The first-order valence-electron chi connectivity index (χ1n) is 7.66. The average Bonchev–Trinajstić information content (AvgIpc) is 2.93. The maximum Gasteiger partial charge on any atom is 0.253 e. The molecule has 2 aliphatic rings. The highest BCUT2D eigenvalue weighted by molar-refractivity contribution is 5.95. The molecule has 0 saturated carbocycles. The van der Waals surface area contributed by atoms with Crippen LogP contribution in [0, 0.1) is 0 Å². The maximum absolute atomic E-state index is 12.0. The number of nitrogens with zero attached hydrogens (tertiary/aromatic N) is 3. The highest BCUT2D eigenvalue weighted by Gasteiger charge is 2.31. The highest BCUT2D eigenvalue weighted by Crippen LogP contribution is 2.29. The first-order valence-corrected chi connectivity index (χ1v) is 7.66. The standard InChI is InChI=1S/C16H24N4O/c1-18(2)16(21)12-5-6-15(14(17)10-12)20-9-8-19-7-3-4-13(19)11-20/h5-6,10,13H,3-4,7-9,11,17H2,1-2H3. The van der Waals surface area contributed by atoms with Gasteiger partial charge in [-0.05, 0) is 37.6 Å². The molecule has 21 heavy (non-hydrogen) atoms. The molecular weight excluding hydrogens is 264 g/mol. The normalized spacial score (nSPS) is 22.2. The van der Waals surface area contributed by atoms with Crippen molar-refractivity contribution in [3.8, 4) is 0 Å². The zero-order chi connectivity index (χ0) is 15.0. The zero-order valence-corrected chi connectivity index (χ0v) is 12.9. The van der Waals surface area contributed by atoms with Crippen molar-refractivity contribution in [1.82, 2.24) is 9.80 Å². The Labute approximate surface area is 126 Å². The number of anilines is 2. The van der Waals surface area contributed by atoms with Gasteiger partial charge in [0.25, 0.3) is 5.91 Å². The van der Waals surface area contributed by atoms with Gasteiger partial charge >= 0.3 is 0 Å². The molecule has 114 valence electrons. The molecule has 1 unspecified atom stereocenters. The minimum atomic E-state index is -0.00568. The van der Waals surface area contributed by atoms with Crippen LogP contribution < -0.4 is 10.6 Å². The van der Waals surface area contributed by atoms with E-state index in [2.05, 4.69) is 9.80 Å². The van der Waals surface area contributed by atoms with Gasteiger partial charge in [0.1, 0.15) is 0 Å². The lowest BCUT2D eigenvalue weighted by atomic mass is 10.1. The Morgan fingerprint density at radius 2 is 2.10 bits per heavy atom. The van der Waals surface area contributed by atoms with Gasteiger partial charge in [-0.2, -0.15) is 0 Å². The van der Waals surface area contributed by atoms with Crippen LogP contribution in [0.1, 0.15) is 23.2 Å². The van der Waals surface area contributed by atoms with Gasteiger partial charge in [-0.3, -0.25) is 9.69 Å². The number of nitrogens with two attached hydrogens (primary N) is 1. The van der Waals surface area contributed by atoms with Crippen LogP contribution in [0.2, 0.25) is 0 Å². The number of piperazine rings is 1. The zero-order valence-electron chi connectivity index (χ0n) is 12.9. The van der Waals surface area contributed by atoms with E-state index in [0.717, 1.165) is 25.3 Å². The van der Waals surface area contributed by atoms with E-state index < -0.39 is 0 Å². The molecule has 1 amide bonds. The second-order valence-electron chi connectivity index (χ2n) is 6.25. The minimum Gasteiger partial charge on any atom is -0.397 e. The molecule has 2 aliphatic heterocycles. The van der Waals surface area contributed by atoms with Crippen LogP contribution in [0.25, 0.3) is 0 Å². The molecule has 3 rings (SSSR count). The van der Waals surface area contributed by atoms with Gasteiger partial charge in [-0.15, -0.1) is 0 Å². The van der Waals surface area contributed by atoms with Gasteiger partial charge in [-0.1, -0.05) is 0 Å². The first kappa shape index (κ1) is 14.2. The third-order valence-corrected chi connectivity index (χ3v) is 4.61. The molecule has 5 nitrogen and oxygen atoms in total. The quantitative estimate of drug-likeness (QED) is 0.832. The van der Waals surface area contributed by atoms with Crippen LogP contribution in [-0.2, 0) is 0 Å². The van der Waals surface area contributed by atoms with Crippen LogP contribution in [0.3, 0.4) is 0 Å². The van der Waals surface area contributed by atoms with Gasteiger partial charge in [0, 0.05) is 45.3 Å². The van der Waals surface area contributed by atoms with E-state index in [1.165, 1.54) is 19.4 Å². The summed E-state index contributed by atoms with van der Waals surface area (Å²) in [5, 5.41) is 0. The fourth-order valence-electron chi connectivity index (χ4n) is 3.44. The Bertz CT molecular complexity index is 543. The number of nitrogen functional groups attached to an aromatic ring is 1. The molecule has 1 atom stereocenters. The molecule has 1 aromatic rings. The molecule has 0 aromatic heterocycles. The van der Waals surface area contributed by atoms with E-state index in [1.807, 2.05) is 12.1 Å². The number of fused-ring (bicyclic) bond motifs is 1. The number of hydrogen-bond donors (Lipinski definition) is 1. The van der Waals surface area contributed by atoms with Crippen LogP contribution >= 0.6 is 0 Å². The van der Waals surface area contributed by atoms with E-state index in [4.69, 9.17) is 5.73 Å². The smallest absolute Gasteiger partial charge is 0.253 e. The van der Waals surface area contributed by atoms with Crippen molar-refractivity contribution in [2.45, 2.75) is 18.9 Å². The third kappa shape index (κ3) is 2.70. The molecule has 2 N–H and O–H groups in total. The van der Waals surface area contributed by atoms with Gasteiger partial charge in [0.05, 0.1) is 11.4 Å². The summed E-state index contributed by atoms with van der Waals surface area (Å²) in [4.78, 5) is 18.5. The van der Waals surface area contributed by atoms with Crippen molar-refractivity contribution in [1.29, 1.82) is 0 Å². The Hall–Kier alpha value is -1.75. The predicted molar refractivity (Wildman–Crippen MR) is 85.7 cm³/mol. The van der Waals surface area contributed by atoms with Crippen molar-refractivity contribution >= 4 is 17.3 Å². The Balaban J connectivity index is 1.78. The summed E-state index contributed by atoms with van der Waals surface area (Å²) in [6.45, 7) is 4.42. The summed E-state index contributed by atoms with van der Waals surface area (Å²) in [7, 11) is 3.51. The highest BCUT2D eigenvalue weighted by atomic mass is 16.2. The molecular formula is C16H24N4O. The average molecular weight is 288 g/mol. The number of carbonyl (C=O) groups is 1. The van der Waals surface area contributed by atoms with E-state index >= 15 is 0 Å². The molecule has 5 heteroatoms. The van der Waals surface area contributed by atoms with Crippen LogP contribution in [0.5, 0.6) is 0 Å². The summed E-state index contributed by atoms with van der Waals surface area (Å²) in [6.07, 6.45) is 2.60. The summed E-state index contributed by atoms with van der Waals surface area (Å²) in [5.74, 6) is -0.00568. The Morgan fingerprint density at radius 3 is 2.81 bits per heavy atom. The topological polar surface area (TPSA) is 52.8 Å². The summed E-state index contributed by atoms with van der Waals surface area (Å²) in [6, 6.07) is 6.35. The second-order valence-corrected chi connectivity index (χ2v) is 6.25. The van der Waals surface area contributed by atoms with Crippen molar-refractivity contribution in [3.05, 3.63) is 23.8 Å². The number of carbonyl (C=O) groups excluding carboxylic acids is 1. The molecule has 0 aliphatic carbocycles. The maximum atomic E-state index is 12.0. The minimum absolute atomic E-state index is 0.00568. The molecule has 0 spiro atoms. The fourth-order valence-corrected chi connectivity index (χ4v) is 3.44. The van der Waals surface area contributed by atoms with Gasteiger partial charge in [-0.25, -0.2) is 0 Å². The lowest BCUT2D eigenvalue weighted by Crippen LogP contribution is -2.50. The summed E-state index contributed by atoms with van der Waals surface area (Å²) in [5.41, 5.74) is 8.62. The van der Waals surface area contributed by atoms with Crippen LogP contribution in [-0.4, -0.2) is 62.0 Å². The number of rotatable bonds is 2. The first-order chi connectivity index (χ1) is 10.1. The summed E-state index contributed by atoms with van der Waals surface area (Å²) >= 11 is 0. The van der Waals surface area contributed by atoms with E-state index in [0.29, 0.717) is 17.3 Å². The van der Waals surface area contributed by atoms with Gasteiger partial charge < -0.3 is 15.5 Å². The van der Waals surface area contributed by atoms with Crippen molar-refractivity contribution in [2.24, 2.45) is 0 Å². The lowest BCUT2D eigenvalue weighted by molar-refractivity contribution is 0.0827. The molecule has 2 fully saturated rings. The number of hydrogen-bond acceptors (Lipinski definition) is 4. The predicted octanol–water partition coefficient (Wildman–Crippen LogP) is 1.25. The molecule has 2 saturated heterocycles. The van der Waals surface area contributed by atoms with Crippen LogP contribution in [0.15, 0.2) is 18.2 Å². The Kier molecular flexibility index (Phi) is 3.76. The SMILES string of the molecule is CN(C)C(=O)c1ccc(N2CCN3CCCC3C2)c(N)c1. The van der Waals surface area contributed by atoms with Crippen molar-refractivity contribution in [2.75, 3.05) is 50.9 Å². The van der Waals surface area contributed by atoms with Gasteiger partial charge in [0.15, 0.2) is 0 Å². The van der Waals surface area contributed by atoms with Crippen LogP contribution in [0.4, 0.5) is 11.4 Å². The van der Waals surface area contributed by atoms with E-state index in [9.17, 15) is 4.79 Å². The number of amides is 1.